The van der Waals surface area contributed by atoms with E-state index in [2.05, 4.69) is 15.5 Å². The number of H-pyrrole nitrogens is 1. The standard InChI is InChI=1S/C18H16ClN3O2S/c19-12-3-1-10(2-4-12)16-11(9-21-22-16)8-20-17-14(23)7-15-13(18(17)24)5-6-25-15/h1-4,9,17,20H,5-8H2,(H,21,22). The Morgan fingerprint density at radius 2 is 2.08 bits per heavy atom. The lowest BCUT2D eigenvalue weighted by Crippen LogP contribution is -2.46. The number of carbonyl (C=O) groups is 2. The molecule has 0 radical (unpaired) electrons. The Morgan fingerprint density at radius 1 is 1.28 bits per heavy atom. The maximum atomic E-state index is 12.6. The van der Waals surface area contributed by atoms with Crippen molar-refractivity contribution in [2.24, 2.45) is 0 Å². The molecule has 2 aliphatic rings. The van der Waals surface area contributed by atoms with Gasteiger partial charge in [0.25, 0.3) is 0 Å². The van der Waals surface area contributed by atoms with E-state index >= 15 is 0 Å². The van der Waals surface area contributed by atoms with Crippen LogP contribution in [0.1, 0.15) is 18.4 Å². The average molecular weight is 374 g/mol. The molecule has 1 unspecified atom stereocenters. The zero-order valence-electron chi connectivity index (χ0n) is 13.3. The van der Waals surface area contributed by atoms with Gasteiger partial charge >= 0.3 is 0 Å². The highest BCUT2D eigenvalue weighted by Crippen LogP contribution is 2.38. The highest BCUT2D eigenvalue weighted by molar-refractivity contribution is 8.03. The lowest BCUT2D eigenvalue weighted by atomic mass is 9.90. The summed E-state index contributed by atoms with van der Waals surface area (Å²) in [6.45, 7) is 0.395. The molecule has 2 heterocycles. The Hall–Kier alpha value is -1.89. The van der Waals surface area contributed by atoms with Gasteiger partial charge in [-0.2, -0.15) is 5.10 Å². The Balaban J connectivity index is 1.51. The van der Waals surface area contributed by atoms with Crippen LogP contribution in [0.2, 0.25) is 5.02 Å². The van der Waals surface area contributed by atoms with E-state index in [0.717, 1.165) is 39.5 Å². The Morgan fingerprint density at radius 3 is 2.88 bits per heavy atom. The minimum Gasteiger partial charge on any atom is -0.297 e. The molecule has 2 N–H and O–H groups in total. The van der Waals surface area contributed by atoms with Crippen molar-refractivity contribution < 1.29 is 9.59 Å². The Bertz CT molecular complexity index is 873. The van der Waals surface area contributed by atoms with Crippen LogP contribution in [0.15, 0.2) is 40.9 Å². The minimum atomic E-state index is -0.745. The fourth-order valence-electron chi connectivity index (χ4n) is 3.23. The molecule has 7 heteroatoms. The number of ketones is 2. The number of aromatic amines is 1. The molecule has 128 valence electrons. The maximum Gasteiger partial charge on any atom is 0.184 e. The summed E-state index contributed by atoms with van der Waals surface area (Å²) in [7, 11) is 0. The summed E-state index contributed by atoms with van der Waals surface area (Å²) < 4.78 is 0. The van der Waals surface area contributed by atoms with Gasteiger partial charge in [0.05, 0.1) is 11.9 Å². The zero-order chi connectivity index (χ0) is 17.4. The van der Waals surface area contributed by atoms with Crippen molar-refractivity contribution in [2.75, 3.05) is 5.75 Å². The van der Waals surface area contributed by atoms with Crippen LogP contribution in [0.25, 0.3) is 11.3 Å². The molecular formula is C18H16ClN3O2S. The van der Waals surface area contributed by atoms with Gasteiger partial charge in [0.2, 0.25) is 0 Å². The van der Waals surface area contributed by atoms with E-state index in [1.165, 1.54) is 0 Å². The topological polar surface area (TPSA) is 74.8 Å². The van der Waals surface area contributed by atoms with Gasteiger partial charge in [0, 0.05) is 34.9 Å². The second-order valence-electron chi connectivity index (χ2n) is 6.10. The lowest BCUT2D eigenvalue weighted by Gasteiger charge is -2.22. The number of nitrogens with zero attached hydrogens (tertiary/aromatic N) is 1. The molecule has 25 heavy (non-hydrogen) atoms. The van der Waals surface area contributed by atoms with E-state index in [1.54, 1.807) is 18.0 Å². The number of hydrogen-bond acceptors (Lipinski definition) is 5. The van der Waals surface area contributed by atoms with Crippen LogP contribution in [0.4, 0.5) is 0 Å². The van der Waals surface area contributed by atoms with Gasteiger partial charge in [-0.25, -0.2) is 0 Å². The van der Waals surface area contributed by atoms with Crippen molar-refractivity contribution >= 4 is 34.9 Å². The highest BCUT2D eigenvalue weighted by Gasteiger charge is 2.37. The van der Waals surface area contributed by atoms with E-state index < -0.39 is 6.04 Å². The summed E-state index contributed by atoms with van der Waals surface area (Å²) in [5.41, 5.74) is 3.56. The van der Waals surface area contributed by atoms with Gasteiger partial charge in [-0.15, -0.1) is 11.8 Å². The third-order valence-corrected chi connectivity index (χ3v) is 5.93. The molecule has 0 spiro atoms. The molecule has 2 aromatic rings. The van der Waals surface area contributed by atoms with Gasteiger partial charge in [-0.1, -0.05) is 23.7 Å². The normalized spacial score (nSPS) is 20.3. The van der Waals surface area contributed by atoms with Gasteiger partial charge in [0.15, 0.2) is 11.6 Å². The van der Waals surface area contributed by atoms with E-state index in [0.29, 0.717) is 18.0 Å². The molecule has 1 aromatic heterocycles. The summed E-state index contributed by atoms with van der Waals surface area (Å²) in [5.74, 6) is 0.793. The van der Waals surface area contributed by atoms with Crippen molar-refractivity contribution in [2.45, 2.75) is 25.4 Å². The SMILES string of the molecule is O=C1CC2=C(CCS2)C(=O)C1NCc1cn[nH]c1-c1ccc(Cl)cc1. The largest absolute Gasteiger partial charge is 0.297 e. The van der Waals surface area contributed by atoms with Crippen molar-refractivity contribution in [3.63, 3.8) is 0 Å². The number of allylic oxidation sites excluding steroid dienone is 1. The number of carbonyl (C=O) groups excluding carboxylic acids is 2. The molecule has 5 nitrogen and oxygen atoms in total. The molecule has 4 rings (SSSR count). The number of rotatable bonds is 4. The number of nitrogens with one attached hydrogen (secondary N) is 2. The number of Topliss-reactive ketones (excluding diaryl/α,β-unsaturated/α-hetero) is 2. The molecule has 0 fully saturated rings. The highest BCUT2D eigenvalue weighted by atomic mass is 35.5. The number of thioether (sulfide) groups is 1. The molecule has 0 saturated heterocycles. The van der Waals surface area contributed by atoms with Crippen LogP contribution < -0.4 is 5.32 Å². The molecule has 0 amide bonds. The molecule has 1 aromatic carbocycles. The van der Waals surface area contributed by atoms with Crippen LogP contribution >= 0.6 is 23.4 Å². The number of halogens is 1. The van der Waals surface area contributed by atoms with Gasteiger partial charge in [-0.3, -0.25) is 20.0 Å². The van der Waals surface area contributed by atoms with Gasteiger partial charge < -0.3 is 0 Å². The first-order chi connectivity index (χ1) is 12.1. The lowest BCUT2D eigenvalue weighted by molar-refractivity contribution is -0.128. The summed E-state index contributed by atoms with van der Waals surface area (Å²) in [6.07, 6.45) is 2.86. The quantitative estimate of drug-likeness (QED) is 0.805. The van der Waals surface area contributed by atoms with Gasteiger partial charge in [-0.05, 0) is 29.0 Å². The van der Waals surface area contributed by atoms with E-state index in [4.69, 9.17) is 11.6 Å². The molecule has 1 atom stereocenters. The first-order valence-electron chi connectivity index (χ1n) is 8.07. The zero-order valence-corrected chi connectivity index (χ0v) is 14.9. The molecule has 0 saturated carbocycles. The number of hydrogen-bond donors (Lipinski definition) is 2. The first-order valence-corrected chi connectivity index (χ1v) is 9.43. The van der Waals surface area contributed by atoms with Crippen LogP contribution in [0, 0.1) is 0 Å². The minimum absolute atomic E-state index is 0.0466. The molecule has 1 aliphatic heterocycles. The first kappa shape index (κ1) is 16.6. The van der Waals surface area contributed by atoms with Gasteiger partial charge in [0.1, 0.15) is 6.04 Å². The Labute approximate surface area is 154 Å². The predicted molar refractivity (Wildman–Crippen MR) is 98.4 cm³/mol. The van der Waals surface area contributed by atoms with E-state index in [-0.39, 0.29) is 11.6 Å². The maximum absolute atomic E-state index is 12.6. The summed E-state index contributed by atoms with van der Waals surface area (Å²) >= 11 is 7.57. The molecule has 0 bridgehead atoms. The third kappa shape index (κ3) is 3.17. The van der Waals surface area contributed by atoms with Crippen molar-refractivity contribution in [1.29, 1.82) is 0 Å². The molecular weight excluding hydrogens is 358 g/mol. The smallest absolute Gasteiger partial charge is 0.184 e. The fourth-order valence-corrected chi connectivity index (χ4v) is 4.53. The van der Waals surface area contributed by atoms with Crippen LogP contribution in [-0.2, 0) is 16.1 Å². The predicted octanol–water partition coefficient (Wildman–Crippen LogP) is 3.12. The third-order valence-electron chi connectivity index (χ3n) is 4.53. The van der Waals surface area contributed by atoms with E-state index in [1.807, 2.05) is 24.3 Å². The van der Waals surface area contributed by atoms with Crippen molar-refractivity contribution in [1.82, 2.24) is 15.5 Å². The van der Waals surface area contributed by atoms with Crippen LogP contribution in [0.5, 0.6) is 0 Å². The molecule has 1 aliphatic carbocycles. The second kappa shape index (κ2) is 6.78. The average Bonchev–Trinajstić information content (AvgIpc) is 3.24. The van der Waals surface area contributed by atoms with Crippen molar-refractivity contribution in [3.8, 4) is 11.3 Å². The van der Waals surface area contributed by atoms with Crippen LogP contribution in [0.3, 0.4) is 0 Å². The summed E-state index contributed by atoms with van der Waals surface area (Å²) in [4.78, 5) is 25.9. The van der Waals surface area contributed by atoms with E-state index in [9.17, 15) is 9.59 Å². The summed E-state index contributed by atoms with van der Waals surface area (Å²) in [6, 6.07) is 6.70. The monoisotopic (exact) mass is 373 g/mol. The number of aromatic nitrogens is 2. The van der Waals surface area contributed by atoms with Crippen LogP contribution in [-0.4, -0.2) is 33.6 Å². The second-order valence-corrected chi connectivity index (χ2v) is 7.72. The summed E-state index contributed by atoms with van der Waals surface area (Å²) in [5, 5.41) is 10.9. The fraction of sp³-hybridized carbons (Fsp3) is 0.278. The van der Waals surface area contributed by atoms with Crippen molar-refractivity contribution in [3.05, 3.63) is 51.5 Å². The Kier molecular flexibility index (Phi) is 4.50. The number of benzene rings is 1.